The highest BCUT2D eigenvalue weighted by molar-refractivity contribution is 7.16. The van der Waals surface area contributed by atoms with Gasteiger partial charge in [0.15, 0.2) is 0 Å². The summed E-state index contributed by atoms with van der Waals surface area (Å²) in [7, 11) is 1.53. The van der Waals surface area contributed by atoms with Crippen molar-refractivity contribution in [3.05, 3.63) is 39.4 Å². The molecule has 0 N–H and O–H groups in total. The van der Waals surface area contributed by atoms with Crippen LogP contribution in [-0.4, -0.2) is 19.7 Å². The van der Waals surface area contributed by atoms with Gasteiger partial charge < -0.3 is 9.47 Å². The number of hydrogen-bond acceptors (Lipinski definition) is 5. The van der Waals surface area contributed by atoms with Gasteiger partial charge in [0.25, 0.3) is 0 Å². The van der Waals surface area contributed by atoms with Crippen molar-refractivity contribution in [2.45, 2.75) is 6.92 Å². The molecule has 0 bridgehead atoms. The quantitative estimate of drug-likeness (QED) is 0.799. The lowest BCUT2D eigenvalue weighted by Crippen LogP contribution is -2.16. The first-order valence-electron chi connectivity index (χ1n) is 5.44. The average Bonchev–Trinajstić information content (AvgIpc) is 2.39. The number of fused-ring (bicyclic) bond motifs is 1. The van der Waals surface area contributed by atoms with Crippen LogP contribution in [0.15, 0.2) is 28.4 Å². The number of hydrogen-bond donors (Lipinski definition) is 0. The summed E-state index contributed by atoms with van der Waals surface area (Å²) in [5.74, 6) is 0.0104. The van der Waals surface area contributed by atoms with Gasteiger partial charge in [-0.05, 0) is 25.1 Å². The lowest BCUT2D eigenvalue weighted by molar-refractivity contribution is 0.0525. The molecule has 0 aliphatic rings. The van der Waals surface area contributed by atoms with Crippen LogP contribution in [-0.2, 0) is 4.74 Å². The van der Waals surface area contributed by atoms with E-state index in [1.165, 1.54) is 23.8 Å². The van der Waals surface area contributed by atoms with Crippen LogP contribution in [0.2, 0.25) is 0 Å². The highest BCUT2D eigenvalue weighted by Crippen LogP contribution is 2.22. The van der Waals surface area contributed by atoms with E-state index >= 15 is 0 Å². The van der Waals surface area contributed by atoms with E-state index in [0.717, 1.165) is 4.70 Å². The monoisotopic (exact) mass is 264 g/mol. The molecule has 1 heterocycles. The second-order valence-corrected chi connectivity index (χ2v) is 4.47. The molecule has 94 valence electrons. The molecule has 1 aromatic heterocycles. The third-order valence-electron chi connectivity index (χ3n) is 2.48. The second-order valence-electron chi connectivity index (χ2n) is 3.56. The van der Waals surface area contributed by atoms with Crippen LogP contribution in [0.1, 0.15) is 17.3 Å². The summed E-state index contributed by atoms with van der Waals surface area (Å²) in [6, 6.07) is 5.22. The van der Waals surface area contributed by atoms with Crippen LogP contribution in [0.4, 0.5) is 0 Å². The van der Waals surface area contributed by atoms with Crippen LogP contribution in [0, 0.1) is 0 Å². The average molecular weight is 264 g/mol. The van der Waals surface area contributed by atoms with E-state index in [1.807, 2.05) is 0 Å². The lowest BCUT2D eigenvalue weighted by atomic mass is 10.2. The van der Waals surface area contributed by atoms with Crippen LogP contribution < -0.4 is 10.2 Å². The van der Waals surface area contributed by atoms with Gasteiger partial charge in [0.1, 0.15) is 11.3 Å². The molecule has 0 aliphatic carbocycles. The standard InChI is InChI=1S/C13H12O4S/c1-3-17-13(15)10-7-18-11-5-4-8(16-2)6-9(11)12(10)14/h4-7H,3H2,1-2H3. The fraction of sp³-hybridized carbons (Fsp3) is 0.231. The molecule has 0 unspecified atom stereocenters. The fourth-order valence-corrected chi connectivity index (χ4v) is 2.46. The summed E-state index contributed by atoms with van der Waals surface area (Å²) in [6.45, 7) is 1.95. The van der Waals surface area contributed by atoms with Crippen LogP contribution in [0.25, 0.3) is 10.1 Å². The van der Waals surface area contributed by atoms with E-state index in [1.54, 1.807) is 25.1 Å². The van der Waals surface area contributed by atoms with Crippen molar-refractivity contribution >= 4 is 27.4 Å². The van der Waals surface area contributed by atoms with Gasteiger partial charge in [-0.15, -0.1) is 11.3 Å². The van der Waals surface area contributed by atoms with Gasteiger partial charge in [-0.3, -0.25) is 4.79 Å². The molecule has 0 saturated carbocycles. The number of carbonyl (C=O) groups is 1. The van der Waals surface area contributed by atoms with Gasteiger partial charge in [-0.2, -0.15) is 0 Å². The summed E-state index contributed by atoms with van der Waals surface area (Å²) in [5.41, 5.74) is -0.247. The Morgan fingerprint density at radius 1 is 1.39 bits per heavy atom. The summed E-state index contributed by atoms with van der Waals surface area (Å²) in [6.07, 6.45) is 0. The number of esters is 1. The second kappa shape index (κ2) is 5.18. The lowest BCUT2D eigenvalue weighted by Gasteiger charge is -2.04. The molecule has 0 fully saturated rings. The number of carbonyl (C=O) groups excluding carboxylic acids is 1. The molecule has 0 amide bonds. The molecular formula is C13H12O4S. The number of ether oxygens (including phenoxy) is 2. The van der Waals surface area contributed by atoms with Gasteiger partial charge in [-0.1, -0.05) is 0 Å². The Bertz CT molecular complexity index is 645. The van der Waals surface area contributed by atoms with Crippen molar-refractivity contribution in [1.29, 1.82) is 0 Å². The number of methoxy groups -OCH3 is 1. The number of rotatable bonds is 3. The molecule has 5 heteroatoms. The minimum Gasteiger partial charge on any atom is -0.497 e. The maximum atomic E-state index is 12.2. The minimum absolute atomic E-state index is 0.0719. The van der Waals surface area contributed by atoms with Gasteiger partial charge in [0.2, 0.25) is 5.43 Å². The van der Waals surface area contributed by atoms with Gasteiger partial charge in [-0.25, -0.2) is 4.79 Å². The molecule has 2 aromatic rings. The Labute approximate surface area is 108 Å². The summed E-state index contributed by atoms with van der Waals surface area (Å²) in [4.78, 5) is 23.8. The first-order valence-corrected chi connectivity index (χ1v) is 6.32. The maximum Gasteiger partial charge on any atom is 0.342 e. The summed E-state index contributed by atoms with van der Waals surface area (Å²) < 4.78 is 10.7. The van der Waals surface area contributed by atoms with E-state index < -0.39 is 5.97 Å². The largest absolute Gasteiger partial charge is 0.497 e. The Morgan fingerprint density at radius 2 is 2.17 bits per heavy atom. The van der Waals surface area contributed by atoms with Crippen molar-refractivity contribution in [1.82, 2.24) is 0 Å². The third-order valence-corrected chi connectivity index (χ3v) is 3.44. The fourth-order valence-electron chi connectivity index (χ4n) is 1.59. The van der Waals surface area contributed by atoms with Crippen molar-refractivity contribution in [2.24, 2.45) is 0 Å². The van der Waals surface area contributed by atoms with Crippen LogP contribution >= 0.6 is 11.3 Å². The Morgan fingerprint density at radius 3 is 2.83 bits per heavy atom. The molecule has 4 nitrogen and oxygen atoms in total. The molecule has 1 aromatic carbocycles. The zero-order chi connectivity index (χ0) is 13.1. The highest BCUT2D eigenvalue weighted by Gasteiger charge is 2.14. The smallest absolute Gasteiger partial charge is 0.342 e. The van der Waals surface area contributed by atoms with Crippen molar-refractivity contribution in [3.8, 4) is 5.75 Å². The van der Waals surface area contributed by atoms with Crippen molar-refractivity contribution in [3.63, 3.8) is 0 Å². The molecule has 2 rings (SSSR count). The molecule has 18 heavy (non-hydrogen) atoms. The highest BCUT2D eigenvalue weighted by atomic mass is 32.1. The molecular weight excluding hydrogens is 252 g/mol. The van der Waals surface area contributed by atoms with Gasteiger partial charge >= 0.3 is 5.97 Å². The van der Waals surface area contributed by atoms with E-state index in [2.05, 4.69) is 0 Å². The summed E-state index contributed by atoms with van der Waals surface area (Å²) in [5, 5.41) is 2.01. The molecule has 0 spiro atoms. The SMILES string of the molecule is CCOC(=O)c1csc2ccc(OC)cc2c1=O. The molecule has 0 radical (unpaired) electrons. The Hall–Kier alpha value is -1.88. The van der Waals surface area contributed by atoms with E-state index in [0.29, 0.717) is 11.1 Å². The van der Waals surface area contributed by atoms with E-state index in [9.17, 15) is 9.59 Å². The summed E-state index contributed by atoms with van der Waals surface area (Å²) >= 11 is 1.33. The van der Waals surface area contributed by atoms with Gasteiger partial charge in [0, 0.05) is 15.5 Å². The molecule has 0 saturated heterocycles. The predicted octanol–water partition coefficient (Wildman–Crippen LogP) is 2.45. The first-order chi connectivity index (χ1) is 8.67. The molecule has 0 aliphatic heterocycles. The van der Waals surface area contributed by atoms with Crippen LogP contribution in [0.3, 0.4) is 0 Å². The normalized spacial score (nSPS) is 10.3. The number of benzene rings is 1. The minimum atomic E-state index is -0.580. The predicted molar refractivity (Wildman–Crippen MR) is 70.6 cm³/mol. The van der Waals surface area contributed by atoms with Gasteiger partial charge in [0.05, 0.1) is 13.7 Å². The third kappa shape index (κ3) is 2.22. The van der Waals surface area contributed by atoms with Crippen LogP contribution in [0.5, 0.6) is 5.75 Å². The Kier molecular flexibility index (Phi) is 3.62. The zero-order valence-electron chi connectivity index (χ0n) is 10.1. The van der Waals surface area contributed by atoms with E-state index in [4.69, 9.17) is 9.47 Å². The van der Waals surface area contributed by atoms with E-state index in [-0.39, 0.29) is 17.6 Å². The zero-order valence-corrected chi connectivity index (χ0v) is 10.9. The van der Waals surface area contributed by atoms with Crippen molar-refractivity contribution < 1.29 is 14.3 Å². The molecule has 0 atom stereocenters. The first kappa shape index (κ1) is 12.6. The maximum absolute atomic E-state index is 12.2. The Balaban J connectivity index is 2.62. The van der Waals surface area contributed by atoms with Crippen molar-refractivity contribution in [2.75, 3.05) is 13.7 Å². The topological polar surface area (TPSA) is 52.6 Å².